The molecule has 0 radical (unpaired) electrons. The van der Waals surface area contributed by atoms with Crippen LogP contribution in [0.4, 0.5) is 13.2 Å². The molecule has 29 heavy (non-hydrogen) atoms. The van der Waals surface area contributed by atoms with E-state index in [9.17, 15) is 30.0 Å². The van der Waals surface area contributed by atoms with Gasteiger partial charge in [-0.15, -0.1) is 24.0 Å². The van der Waals surface area contributed by atoms with Gasteiger partial charge in [0.2, 0.25) is 0 Å². The molecule has 0 aromatic heterocycles. The number of sulfone groups is 1. The molecule has 1 aliphatic carbocycles. The minimum absolute atomic E-state index is 0. The van der Waals surface area contributed by atoms with E-state index in [1.54, 1.807) is 0 Å². The Bertz CT molecular complexity index is 791. The van der Waals surface area contributed by atoms with Crippen LogP contribution in [0, 0.1) is 5.41 Å². The van der Waals surface area contributed by atoms with Crippen molar-refractivity contribution < 1.29 is 30.0 Å². The van der Waals surface area contributed by atoms with Crippen LogP contribution in [-0.2, 0) is 19.9 Å². The van der Waals surface area contributed by atoms with Crippen LogP contribution >= 0.6 is 24.0 Å². The highest BCUT2D eigenvalue weighted by atomic mass is 127. The first-order valence-electron chi connectivity index (χ1n) is 9.07. The van der Waals surface area contributed by atoms with Crippen LogP contribution in [0.25, 0.3) is 0 Å². The Labute approximate surface area is 187 Å². The Morgan fingerprint density at radius 3 is 2.14 bits per heavy atom. The predicted octanol–water partition coefficient (Wildman–Crippen LogP) is 1.30. The first kappa shape index (κ1) is 26.7. The van der Waals surface area contributed by atoms with E-state index in [1.165, 1.54) is 6.26 Å². The standard InChI is InChI=1S/C15H27F3N4O4S2.HI/c1-3-19-13(20-10-14(6-7-14)11-27(2,23)24)21-12-4-8-22(9-5-12)28(25,26)15(16,17)18;/h12H,3-11H2,1-2H3,(H2,19,20,21);1H. The molecule has 1 heterocycles. The van der Waals surface area contributed by atoms with E-state index in [-0.39, 0.29) is 67.1 Å². The Kier molecular flexibility index (Phi) is 9.06. The Morgan fingerprint density at radius 1 is 1.17 bits per heavy atom. The molecule has 2 aliphatic rings. The lowest BCUT2D eigenvalue weighted by Crippen LogP contribution is -2.51. The monoisotopic (exact) mass is 576 g/mol. The SMILES string of the molecule is CCNC(=NCC1(CS(C)(=O)=O)CC1)NC1CCN(S(=O)(=O)C(F)(F)F)CC1.I. The topological polar surface area (TPSA) is 108 Å². The summed E-state index contributed by atoms with van der Waals surface area (Å²) >= 11 is 0. The maximum absolute atomic E-state index is 12.6. The fourth-order valence-electron chi connectivity index (χ4n) is 3.23. The molecule has 2 rings (SSSR count). The van der Waals surface area contributed by atoms with Gasteiger partial charge in [-0.3, -0.25) is 4.99 Å². The summed E-state index contributed by atoms with van der Waals surface area (Å²) in [6.45, 7) is 2.32. The maximum Gasteiger partial charge on any atom is 0.511 e. The van der Waals surface area contributed by atoms with Crippen LogP contribution < -0.4 is 10.6 Å². The van der Waals surface area contributed by atoms with Crippen molar-refractivity contribution in [3.05, 3.63) is 0 Å². The molecular formula is C15H28F3IN4O4S2. The van der Waals surface area contributed by atoms with E-state index in [0.717, 1.165) is 12.8 Å². The number of aliphatic imine (C=N–C) groups is 1. The van der Waals surface area contributed by atoms with Gasteiger partial charge < -0.3 is 10.6 Å². The van der Waals surface area contributed by atoms with Crippen LogP contribution in [0.2, 0.25) is 0 Å². The molecule has 0 atom stereocenters. The molecule has 0 bridgehead atoms. The first-order valence-corrected chi connectivity index (χ1v) is 12.6. The zero-order chi connectivity index (χ0) is 21.2. The Hall–Kier alpha value is -0.350. The number of nitrogens with one attached hydrogen (secondary N) is 2. The van der Waals surface area contributed by atoms with E-state index < -0.39 is 25.4 Å². The van der Waals surface area contributed by atoms with Gasteiger partial charge >= 0.3 is 15.5 Å². The minimum Gasteiger partial charge on any atom is -0.357 e. The highest BCUT2D eigenvalue weighted by molar-refractivity contribution is 14.0. The van der Waals surface area contributed by atoms with E-state index in [2.05, 4.69) is 15.6 Å². The molecule has 1 aliphatic heterocycles. The quantitative estimate of drug-likeness (QED) is 0.269. The smallest absolute Gasteiger partial charge is 0.357 e. The molecule has 172 valence electrons. The number of piperidine rings is 1. The summed E-state index contributed by atoms with van der Waals surface area (Å²) in [5, 5.41) is 6.15. The van der Waals surface area contributed by atoms with Crippen molar-refractivity contribution in [2.24, 2.45) is 10.4 Å². The van der Waals surface area contributed by atoms with E-state index in [1.807, 2.05) is 6.92 Å². The molecule has 0 spiro atoms. The van der Waals surface area contributed by atoms with Crippen molar-refractivity contribution >= 4 is 49.8 Å². The molecule has 2 fully saturated rings. The molecule has 0 unspecified atom stereocenters. The number of halogens is 4. The van der Waals surface area contributed by atoms with Crippen LogP contribution in [0.3, 0.4) is 0 Å². The zero-order valence-electron chi connectivity index (χ0n) is 16.3. The number of guanidine groups is 1. The van der Waals surface area contributed by atoms with Gasteiger partial charge in [0.15, 0.2) is 5.96 Å². The van der Waals surface area contributed by atoms with Crippen molar-refractivity contribution in [2.75, 3.05) is 38.2 Å². The number of hydrogen-bond donors (Lipinski definition) is 2. The summed E-state index contributed by atoms with van der Waals surface area (Å²) in [5.41, 5.74) is -5.62. The summed E-state index contributed by atoms with van der Waals surface area (Å²) in [6.07, 6.45) is 3.21. The van der Waals surface area contributed by atoms with Gasteiger partial charge in [-0.2, -0.15) is 17.5 Å². The van der Waals surface area contributed by atoms with Crippen LogP contribution in [0.1, 0.15) is 32.6 Å². The number of rotatable bonds is 7. The fourth-order valence-corrected chi connectivity index (χ4v) is 5.70. The van der Waals surface area contributed by atoms with Crippen molar-refractivity contribution in [3.63, 3.8) is 0 Å². The van der Waals surface area contributed by atoms with Gasteiger partial charge in [0.05, 0.1) is 5.75 Å². The van der Waals surface area contributed by atoms with E-state index in [0.29, 0.717) is 23.4 Å². The van der Waals surface area contributed by atoms with Gasteiger partial charge in [0, 0.05) is 43.9 Å². The maximum atomic E-state index is 12.6. The third kappa shape index (κ3) is 7.69. The number of nitrogens with zero attached hydrogens (tertiary/aromatic N) is 2. The Morgan fingerprint density at radius 2 is 1.72 bits per heavy atom. The number of sulfonamides is 1. The lowest BCUT2D eigenvalue weighted by molar-refractivity contribution is -0.0494. The summed E-state index contributed by atoms with van der Waals surface area (Å²) in [5.74, 6) is 0.538. The largest absolute Gasteiger partial charge is 0.511 e. The van der Waals surface area contributed by atoms with Gasteiger partial charge in [0.25, 0.3) is 0 Å². The third-order valence-corrected chi connectivity index (χ3v) is 7.64. The van der Waals surface area contributed by atoms with Crippen molar-refractivity contribution in [3.8, 4) is 0 Å². The molecule has 0 aromatic carbocycles. The normalized spacial score (nSPS) is 21.3. The first-order chi connectivity index (χ1) is 12.8. The van der Waals surface area contributed by atoms with Gasteiger partial charge in [0.1, 0.15) is 9.84 Å². The summed E-state index contributed by atoms with van der Waals surface area (Å²) in [7, 11) is -8.40. The molecule has 0 aromatic rings. The zero-order valence-corrected chi connectivity index (χ0v) is 20.3. The van der Waals surface area contributed by atoms with Crippen molar-refractivity contribution in [2.45, 2.75) is 44.2 Å². The molecule has 0 amide bonds. The van der Waals surface area contributed by atoms with Gasteiger partial charge in [-0.05, 0) is 32.6 Å². The molecule has 1 saturated heterocycles. The second-order valence-electron chi connectivity index (χ2n) is 7.53. The second kappa shape index (κ2) is 9.85. The van der Waals surface area contributed by atoms with Crippen molar-refractivity contribution in [1.82, 2.24) is 14.9 Å². The van der Waals surface area contributed by atoms with Gasteiger partial charge in [-0.25, -0.2) is 16.8 Å². The van der Waals surface area contributed by atoms with Crippen LogP contribution in [0.5, 0.6) is 0 Å². The van der Waals surface area contributed by atoms with Crippen LogP contribution in [-0.4, -0.2) is 76.8 Å². The predicted molar refractivity (Wildman–Crippen MR) is 115 cm³/mol. The average molecular weight is 576 g/mol. The third-order valence-electron chi connectivity index (χ3n) is 4.87. The fraction of sp³-hybridized carbons (Fsp3) is 0.933. The van der Waals surface area contributed by atoms with E-state index >= 15 is 0 Å². The highest BCUT2D eigenvalue weighted by Crippen LogP contribution is 2.46. The van der Waals surface area contributed by atoms with Crippen LogP contribution in [0.15, 0.2) is 4.99 Å². The summed E-state index contributed by atoms with van der Waals surface area (Å²) < 4.78 is 84.4. The summed E-state index contributed by atoms with van der Waals surface area (Å²) in [4.78, 5) is 4.45. The Balaban J connectivity index is 0.00000420. The lowest BCUT2D eigenvalue weighted by atomic mass is 10.1. The lowest BCUT2D eigenvalue weighted by Gasteiger charge is -2.32. The summed E-state index contributed by atoms with van der Waals surface area (Å²) in [6, 6.07) is -0.220. The van der Waals surface area contributed by atoms with Crippen molar-refractivity contribution in [1.29, 1.82) is 0 Å². The molecule has 1 saturated carbocycles. The molecule has 14 heteroatoms. The number of hydrogen-bond acceptors (Lipinski definition) is 5. The molecular weight excluding hydrogens is 548 g/mol. The average Bonchev–Trinajstić information content (AvgIpc) is 3.30. The van der Waals surface area contributed by atoms with Gasteiger partial charge in [-0.1, -0.05) is 0 Å². The molecule has 2 N–H and O–H groups in total. The van der Waals surface area contributed by atoms with E-state index in [4.69, 9.17) is 0 Å². The second-order valence-corrected chi connectivity index (χ2v) is 11.6. The number of alkyl halides is 3. The molecule has 8 nitrogen and oxygen atoms in total. The highest BCUT2D eigenvalue weighted by Gasteiger charge is 2.50. The minimum atomic E-state index is -5.30.